The Bertz CT molecular complexity index is 484. The van der Waals surface area contributed by atoms with Crippen LogP contribution in [0, 0.1) is 5.82 Å². The molecule has 1 fully saturated rings. The molecule has 0 spiro atoms. The number of nitrogens with zero attached hydrogens (tertiary/aromatic N) is 1. The molecule has 0 N–H and O–H groups in total. The van der Waals surface area contributed by atoms with E-state index >= 15 is 0 Å². The first kappa shape index (κ1) is 13.8. The first-order valence-corrected chi connectivity index (χ1v) is 6.81. The van der Waals surface area contributed by atoms with Gasteiger partial charge in [-0.3, -0.25) is 4.79 Å². The van der Waals surface area contributed by atoms with Gasteiger partial charge in [0.25, 0.3) is 0 Å². The third kappa shape index (κ3) is 3.43. The predicted molar refractivity (Wildman–Crippen MR) is 75.2 cm³/mol. The fourth-order valence-electron chi connectivity index (χ4n) is 2.64. The van der Waals surface area contributed by atoms with E-state index in [1.165, 1.54) is 18.6 Å². The standard InChI is InChI=1S/C16H20FNO/c1-3-13-8-14(10-15(17)9-13)11-16(19)18-7-5-4-6-12(18)2/h3,8-10,12H,1,4-7,11H2,2H3. The van der Waals surface area contributed by atoms with Gasteiger partial charge in [-0.15, -0.1) is 0 Å². The normalized spacial score (nSPS) is 19.3. The fraction of sp³-hybridized carbons (Fsp3) is 0.438. The van der Waals surface area contributed by atoms with Gasteiger partial charge in [0, 0.05) is 12.6 Å². The van der Waals surface area contributed by atoms with Gasteiger partial charge in [-0.1, -0.05) is 18.7 Å². The molecule has 1 aliphatic rings. The molecule has 0 aromatic heterocycles. The highest BCUT2D eigenvalue weighted by Gasteiger charge is 2.23. The van der Waals surface area contributed by atoms with Crippen molar-refractivity contribution in [3.05, 3.63) is 41.7 Å². The smallest absolute Gasteiger partial charge is 0.227 e. The first-order valence-electron chi connectivity index (χ1n) is 6.81. The minimum atomic E-state index is -0.313. The van der Waals surface area contributed by atoms with E-state index in [0.717, 1.165) is 30.5 Å². The maximum absolute atomic E-state index is 13.4. The van der Waals surface area contributed by atoms with Gasteiger partial charge in [-0.2, -0.15) is 0 Å². The lowest BCUT2D eigenvalue weighted by Gasteiger charge is -2.33. The van der Waals surface area contributed by atoms with Crippen LogP contribution in [0.4, 0.5) is 4.39 Å². The van der Waals surface area contributed by atoms with Crippen LogP contribution in [0.3, 0.4) is 0 Å². The minimum Gasteiger partial charge on any atom is -0.340 e. The Morgan fingerprint density at radius 1 is 1.47 bits per heavy atom. The van der Waals surface area contributed by atoms with Crippen molar-refractivity contribution in [1.29, 1.82) is 0 Å². The highest BCUT2D eigenvalue weighted by molar-refractivity contribution is 5.79. The van der Waals surface area contributed by atoms with Crippen molar-refractivity contribution in [2.24, 2.45) is 0 Å². The van der Waals surface area contributed by atoms with E-state index in [2.05, 4.69) is 13.5 Å². The van der Waals surface area contributed by atoms with Crippen molar-refractivity contribution < 1.29 is 9.18 Å². The van der Waals surface area contributed by atoms with Crippen molar-refractivity contribution in [2.75, 3.05) is 6.54 Å². The lowest BCUT2D eigenvalue weighted by Crippen LogP contribution is -2.42. The van der Waals surface area contributed by atoms with E-state index in [1.54, 1.807) is 6.08 Å². The number of piperidine rings is 1. The summed E-state index contributed by atoms with van der Waals surface area (Å²) in [6.45, 7) is 6.54. The Morgan fingerprint density at radius 3 is 2.95 bits per heavy atom. The second-order valence-electron chi connectivity index (χ2n) is 5.21. The quantitative estimate of drug-likeness (QED) is 0.816. The van der Waals surface area contributed by atoms with Crippen LogP contribution in [0.2, 0.25) is 0 Å². The summed E-state index contributed by atoms with van der Waals surface area (Å²) in [4.78, 5) is 14.2. The molecule has 19 heavy (non-hydrogen) atoms. The summed E-state index contributed by atoms with van der Waals surface area (Å²) in [7, 11) is 0. The van der Waals surface area contributed by atoms with Gasteiger partial charge >= 0.3 is 0 Å². The van der Waals surface area contributed by atoms with Crippen LogP contribution in [-0.2, 0) is 11.2 Å². The van der Waals surface area contributed by atoms with E-state index in [9.17, 15) is 9.18 Å². The lowest BCUT2D eigenvalue weighted by molar-refractivity contribution is -0.133. The van der Waals surface area contributed by atoms with Crippen LogP contribution in [0.25, 0.3) is 6.08 Å². The van der Waals surface area contributed by atoms with Crippen LogP contribution in [0.5, 0.6) is 0 Å². The summed E-state index contributed by atoms with van der Waals surface area (Å²) < 4.78 is 13.4. The third-order valence-electron chi connectivity index (χ3n) is 3.69. The van der Waals surface area contributed by atoms with Gasteiger partial charge in [-0.05, 0) is 49.4 Å². The topological polar surface area (TPSA) is 20.3 Å². The minimum absolute atomic E-state index is 0.0906. The molecule has 0 bridgehead atoms. The molecule has 1 unspecified atom stereocenters. The zero-order chi connectivity index (χ0) is 13.8. The number of hydrogen-bond acceptors (Lipinski definition) is 1. The van der Waals surface area contributed by atoms with Gasteiger partial charge in [-0.25, -0.2) is 4.39 Å². The molecule has 1 amide bonds. The number of carbonyl (C=O) groups is 1. The van der Waals surface area contributed by atoms with Crippen molar-refractivity contribution >= 4 is 12.0 Å². The molecule has 1 aromatic rings. The van der Waals surface area contributed by atoms with Crippen molar-refractivity contribution in [2.45, 2.75) is 38.6 Å². The van der Waals surface area contributed by atoms with Crippen LogP contribution >= 0.6 is 0 Å². The largest absolute Gasteiger partial charge is 0.340 e. The van der Waals surface area contributed by atoms with Crippen LogP contribution in [0.1, 0.15) is 37.3 Å². The maximum Gasteiger partial charge on any atom is 0.227 e. The average Bonchev–Trinajstić information content (AvgIpc) is 2.38. The average molecular weight is 261 g/mol. The molecule has 1 aliphatic heterocycles. The monoisotopic (exact) mass is 261 g/mol. The number of halogens is 1. The van der Waals surface area contributed by atoms with Gasteiger partial charge < -0.3 is 4.90 Å². The summed E-state index contributed by atoms with van der Waals surface area (Å²) in [6.07, 6.45) is 5.18. The Labute approximate surface area is 113 Å². The van der Waals surface area contributed by atoms with Gasteiger partial charge in [0.15, 0.2) is 0 Å². The molecule has 1 atom stereocenters. The number of hydrogen-bond donors (Lipinski definition) is 0. The van der Waals surface area contributed by atoms with Gasteiger partial charge in [0.2, 0.25) is 5.91 Å². The predicted octanol–water partition coefficient (Wildman–Crippen LogP) is 3.41. The third-order valence-corrected chi connectivity index (χ3v) is 3.69. The number of amides is 1. The summed E-state index contributed by atoms with van der Waals surface area (Å²) in [6, 6.07) is 4.97. The molecule has 1 aromatic carbocycles. The van der Waals surface area contributed by atoms with E-state index in [0.29, 0.717) is 6.04 Å². The molecule has 2 rings (SSSR count). The SMILES string of the molecule is C=Cc1cc(F)cc(CC(=O)N2CCCCC2C)c1. The van der Waals surface area contributed by atoms with E-state index < -0.39 is 0 Å². The van der Waals surface area contributed by atoms with Crippen LogP contribution in [0.15, 0.2) is 24.8 Å². The summed E-state index contributed by atoms with van der Waals surface area (Å²) in [5, 5.41) is 0. The zero-order valence-corrected chi connectivity index (χ0v) is 11.4. The van der Waals surface area contributed by atoms with Crippen molar-refractivity contribution in [3.8, 4) is 0 Å². The van der Waals surface area contributed by atoms with Gasteiger partial charge in [0.05, 0.1) is 6.42 Å². The summed E-state index contributed by atoms with van der Waals surface area (Å²) >= 11 is 0. The Morgan fingerprint density at radius 2 is 2.26 bits per heavy atom. The number of benzene rings is 1. The molecular weight excluding hydrogens is 241 g/mol. The zero-order valence-electron chi connectivity index (χ0n) is 11.4. The number of carbonyl (C=O) groups excluding carboxylic acids is 1. The van der Waals surface area contributed by atoms with E-state index in [1.807, 2.05) is 11.0 Å². The molecule has 0 radical (unpaired) electrons. The van der Waals surface area contributed by atoms with E-state index in [-0.39, 0.29) is 18.1 Å². The first-order chi connectivity index (χ1) is 9.10. The molecule has 102 valence electrons. The van der Waals surface area contributed by atoms with Crippen molar-refractivity contribution in [1.82, 2.24) is 4.90 Å². The summed E-state index contributed by atoms with van der Waals surface area (Å²) in [5.41, 5.74) is 1.44. The Balaban J connectivity index is 2.09. The van der Waals surface area contributed by atoms with Crippen LogP contribution < -0.4 is 0 Å². The molecule has 0 saturated carbocycles. The van der Waals surface area contributed by atoms with Crippen molar-refractivity contribution in [3.63, 3.8) is 0 Å². The number of likely N-dealkylation sites (tertiary alicyclic amines) is 1. The fourth-order valence-corrected chi connectivity index (χ4v) is 2.64. The Kier molecular flexibility index (Phi) is 4.35. The Hall–Kier alpha value is -1.64. The second-order valence-corrected chi connectivity index (χ2v) is 5.21. The molecule has 3 heteroatoms. The number of rotatable bonds is 3. The van der Waals surface area contributed by atoms with E-state index in [4.69, 9.17) is 0 Å². The highest BCUT2D eigenvalue weighted by Crippen LogP contribution is 2.18. The summed E-state index contributed by atoms with van der Waals surface area (Å²) in [5.74, 6) is -0.222. The second kappa shape index (κ2) is 6.00. The molecule has 1 saturated heterocycles. The van der Waals surface area contributed by atoms with Crippen LogP contribution in [-0.4, -0.2) is 23.4 Å². The molecule has 0 aliphatic carbocycles. The molecule has 1 heterocycles. The maximum atomic E-state index is 13.4. The molecule has 2 nitrogen and oxygen atoms in total. The highest BCUT2D eigenvalue weighted by atomic mass is 19.1. The molecular formula is C16H20FNO. The van der Waals surface area contributed by atoms with Gasteiger partial charge in [0.1, 0.15) is 5.82 Å². The lowest BCUT2D eigenvalue weighted by atomic mass is 10.0.